The van der Waals surface area contributed by atoms with Gasteiger partial charge in [0.05, 0.1) is 6.42 Å². The standard InChI is InChI=1S/C17H20N4O2/c1-12-6-7-14(11-19-12)10-17(23)18-9-8-16(22)21-15-5-3-4-13(2)20-15/h3-7,11H,8-10H2,1-2H3,(H,18,23)(H,20,21,22). The molecule has 120 valence electrons. The summed E-state index contributed by atoms with van der Waals surface area (Å²) in [6.07, 6.45) is 2.15. The van der Waals surface area contributed by atoms with Crippen LogP contribution in [-0.2, 0) is 16.0 Å². The Bertz CT molecular complexity index is 683. The summed E-state index contributed by atoms with van der Waals surface area (Å²) in [6, 6.07) is 9.15. The fourth-order valence-corrected chi connectivity index (χ4v) is 1.98. The normalized spacial score (nSPS) is 10.2. The summed E-state index contributed by atoms with van der Waals surface area (Å²) in [7, 11) is 0. The van der Waals surface area contributed by atoms with Gasteiger partial charge in [0.25, 0.3) is 0 Å². The van der Waals surface area contributed by atoms with E-state index in [0.717, 1.165) is 17.0 Å². The third kappa shape index (κ3) is 5.86. The zero-order chi connectivity index (χ0) is 16.7. The molecule has 2 rings (SSSR count). The van der Waals surface area contributed by atoms with Crippen molar-refractivity contribution in [3.05, 3.63) is 53.5 Å². The van der Waals surface area contributed by atoms with Gasteiger partial charge in [-0.05, 0) is 37.6 Å². The Balaban J connectivity index is 1.70. The summed E-state index contributed by atoms with van der Waals surface area (Å²) in [6.45, 7) is 4.04. The topological polar surface area (TPSA) is 84.0 Å². The molecule has 0 bridgehead atoms. The van der Waals surface area contributed by atoms with Crippen LogP contribution in [0.2, 0.25) is 0 Å². The van der Waals surface area contributed by atoms with E-state index in [9.17, 15) is 9.59 Å². The molecule has 0 atom stereocenters. The monoisotopic (exact) mass is 312 g/mol. The number of pyridine rings is 2. The molecule has 0 aliphatic carbocycles. The van der Waals surface area contributed by atoms with Gasteiger partial charge >= 0.3 is 0 Å². The fraction of sp³-hybridized carbons (Fsp3) is 0.294. The van der Waals surface area contributed by atoms with Crippen LogP contribution < -0.4 is 10.6 Å². The summed E-state index contributed by atoms with van der Waals surface area (Å²) >= 11 is 0. The molecule has 0 fully saturated rings. The van der Waals surface area contributed by atoms with Crippen molar-refractivity contribution in [3.63, 3.8) is 0 Å². The van der Waals surface area contributed by atoms with Crippen LogP contribution in [0.4, 0.5) is 5.82 Å². The van der Waals surface area contributed by atoms with E-state index in [1.165, 1.54) is 0 Å². The van der Waals surface area contributed by atoms with Crippen molar-refractivity contribution in [2.24, 2.45) is 0 Å². The van der Waals surface area contributed by atoms with E-state index < -0.39 is 0 Å². The number of rotatable bonds is 6. The SMILES string of the molecule is Cc1ccc(CC(=O)NCCC(=O)Nc2cccc(C)n2)cn1. The summed E-state index contributed by atoms with van der Waals surface area (Å²) in [5, 5.41) is 5.43. The van der Waals surface area contributed by atoms with Gasteiger partial charge in [0.2, 0.25) is 11.8 Å². The predicted octanol–water partition coefficient (Wildman–Crippen LogP) is 1.78. The molecule has 2 aromatic heterocycles. The summed E-state index contributed by atoms with van der Waals surface area (Å²) in [5.74, 6) is 0.213. The Morgan fingerprint density at radius 3 is 2.57 bits per heavy atom. The smallest absolute Gasteiger partial charge is 0.227 e. The third-order valence-corrected chi connectivity index (χ3v) is 3.17. The van der Waals surface area contributed by atoms with Crippen LogP contribution in [0, 0.1) is 13.8 Å². The number of hydrogen-bond donors (Lipinski definition) is 2. The van der Waals surface area contributed by atoms with E-state index in [4.69, 9.17) is 0 Å². The number of hydrogen-bond acceptors (Lipinski definition) is 4. The maximum Gasteiger partial charge on any atom is 0.227 e. The van der Waals surface area contributed by atoms with Crippen LogP contribution in [0.25, 0.3) is 0 Å². The predicted molar refractivity (Wildman–Crippen MR) is 87.9 cm³/mol. The second kappa shape index (κ2) is 8.03. The maximum atomic E-state index is 11.8. The molecule has 2 heterocycles. The lowest BCUT2D eigenvalue weighted by Crippen LogP contribution is -2.29. The van der Waals surface area contributed by atoms with Crippen molar-refractivity contribution in [2.75, 3.05) is 11.9 Å². The first-order chi connectivity index (χ1) is 11.0. The van der Waals surface area contributed by atoms with Crippen molar-refractivity contribution in [3.8, 4) is 0 Å². The quantitative estimate of drug-likeness (QED) is 0.851. The van der Waals surface area contributed by atoms with Crippen LogP contribution >= 0.6 is 0 Å². The van der Waals surface area contributed by atoms with Crippen LogP contribution in [0.15, 0.2) is 36.5 Å². The van der Waals surface area contributed by atoms with E-state index in [0.29, 0.717) is 5.82 Å². The van der Waals surface area contributed by atoms with Gasteiger partial charge in [-0.25, -0.2) is 4.98 Å². The molecule has 6 nitrogen and oxygen atoms in total. The van der Waals surface area contributed by atoms with Gasteiger partial charge in [-0.3, -0.25) is 14.6 Å². The highest BCUT2D eigenvalue weighted by atomic mass is 16.2. The van der Waals surface area contributed by atoms with Crippen molar-refractivity contribution in [2.45, 2.75) is 26.7 Å². The molecule has 0 unspecified atom stereocenters. The highest BCUT2D eigenvalue weighted by Crippen LogP contribution is 2.04. The molecule has 23 heavy (non-hydrogen) atoms. The van der Waals surface area contributed by atoms with Gasteiger partial charge < -0.3 is 10.6 Å². The number of amides is 2. The van der Waals surface area contributed by atoms with Gasteiger partial charge in [-0.1, -0.05) is 12.1 Å². The summed E-state index contributed by atoms with van der Waals surface area (Å²) in [4.78, 5) is 31.9. The van der Waals surface area contributed by atoms with E-state index in [1.54, 1.807) is 12.3 Å². The zero-order valence-electron chi connectivity index (χ0n) is 13.3. The highest BCUT2D eigenvalue weighted by molar-refractivity contribution is 5.90. The first kappa shape index (κ1) is 16.6. The van der Waals surface area contributed by atoms with Crippen LogP contribution in [-0.4, -0.2) is 28.3 Å². The molecule has 0 aromatic carbocycles. The second-order valence-corrected chi connectivity index (χ2v) is 5.30. The van der Waals surface area contributed by atoms with Gasteiger partial charge in [0.1, 0.15) is 5.82 Å². The largest absolute Gasteiger partial charge is 0.355 e. The summed E-state index contributed by atoms with van der Waals surface area (Å²) < 4.78 is 0. The fourth-order valence-electron chi connectivity index (χ4n) is 1.98. The van der Waals surface area contributed by atoms with E-state index >= 15 is 0 Å². The molecule has 0 saturated heterocycles. The molecule has 0 saturated carbocycles. The molecular weight excluding hydrogens is 292 g/mol. The number of aromatic nitrogens is 2. The van der Waals surface area contributed by atoms with Crippen LogP contribution in [0.5, 0.6) is 0 Å². The average molecular weight is 312 g/mol. The van der Waals surface area contributed by atoms with Gasteiger partial charge in [0.15, 0.2) is 0 Å². The minimum absolute atomic E-state index is 0.128. The average Bonchev–Trinajstić information content (AvgIpc) is 2.49. The number of carbonyl (C=O) groups excluding carboxylic acids is 2. The Morgan fingerprint density at radius 1 is 1.04 bits per heavy atom. The molecule has 0 aliphatic rings. The lowest BCUT2D eigenvalue weighted by molar-refractivity contribution is -0.120. The molecule has 2 amide bonds. The van der Waals surface area contributed by atoms with E-state index in [2.05, 4.69) is 20.6 Å². The highest BCUT2D eigenvalue weighted by Gasteiger charge is 2.06. The molecular formula is C17H20N4O2. The van der Waals surface area contributed by atoms with Crippen molar-refractivity contribution in [1.29, 1.82) is 0 Å². The molecule has 2 aromatic rings. The van der Waals surface area contributed by atoms with Crippen molar-refractivity contribution in [1.82, 2.24) is 15.3 Å². The Kier molecular flexibility index (Phi) is 5.80. The first-order valence-electron chi connectivity index (χ1n) is 7.44. The van der Waals surface area contributed by atoms with Crippen LogP contribution in [0.3, 0.4) is 0 Å². The Morgan fingerprint density at radius 2 is 1.87 bits per heavy atom. The number of nitrogens with zero attached hydrogens (tertiary/aromatic N) is 2. The first-order valence-corrected chi connectivity index (χ1v) is 7.44. The molecule has 2 N–H and O–H groups in total. The van der Waals surface area contributed by atoms with E-state index in [-0.39, 0.29) is 31.2 Å². The van der Waals surface area contributed by atoms with Gasteiger partial charge in [0, 0.05) is 30.6 Å². The number of carbonyl (C=O) groups is 2. The summed E-state index contributed by atoms with van der Waals surface area (Å²) in [5.41, 5.74) is 2.60. The Hall–Kier alpha value is -2.76. The maximum absolute atomic E-state index is 11.8. The van der Waals surface area contributed by atoms with Crippen molar-refractivity contribution >= 4 is 17.6 Å². The minimum atomic E-state index is -0.180. The lowest BCUT2D eigenvalue weighted by atomic mass is 10.2. The number of nitrogens with one attached hydrogen (secondary N) is 2. The number of aryl methyl sites for hydroxylation is 2. The molecule has 0 aliphatic heterocycles. The number of anilines is 1. The third-order valence-electron chi connectivity index (χ3n) is 3.17. The van der Waals surface area contributed by atoms with Crippen molar-refractivity contribution < 1.29 is 9.59 Å². The lowest BCUT2D eigenvalue weighted by Gasteiger charge is -2.07. The Labute approximate surface area is 135 Å². The van der Waals surface area contributed by atoms with Gasteiger partial charge in [-0.2, -0.15) is 0 Å². The van der Waals surface area contributed by atoms with Gasteiger partial charge in [-0.15, -0.1) is 0 Å². The van der Waals surface area contributed by atoms with E-state index in [1.807, 2.05) is 38.1 Å². The molecule has 0 spiro atoms. The van der Waals surface area contributed by atoms with Crippen LogP contribution in [0.1, 0.15) is 23.4 Å². The molecule has 0 radical (unpaired) electrons. The minimum Gasteiger partial charge on any atom is -0.355 e. The molecule has 6 heteroatoms. The zero-order valence-corrected chi connectivity index (χ0v) is 13.3. The second-order valence-electron chi connectivity index (χ2n) is 5.30.